The van der Waals surface area contributed by atoms with Crippen molar-refractivity contribution in [1.82, 2.24) is 10.2 Å². The number of nitrogens with one attached hydrogen (secondary N) is 1. The normalized spacial score (nSPS) is 16.6. The lowest BCUT2D eigenvalue weighted by Gasteiger charge is -2.33. The van der Waals surface area contributed by atoms with Crippen LogP contribution in [0.25, 0.3) is 0 Å². The fourth-order valence-electron chi connectivity index (χ4n) is 3.52. The lowest BCUT2D eigenvalue weighted by atomic mass is 10.0. The Kier molecular flexibility index (Phi) is 6.71. The number of nitrogens with zero attached hydrogens (tertiary/aromatic N) is 1. The molecule has 1 atom stereocenters. The van der Waals surface area contributed by atoms with E-state index in [0.29, 0.717) is 29.7 Å². The predicted molar refractivity (Wildman–Crippen MR) is 107 cm³/mol. The number of esters is 1. The molecule has 10 heteroatoms. The topological polar surface area (TPSA) is 95.9 Å². The van der Waals surface area contributed by atoms with E-state index in [9.17, 15) is 32.7 Å². The van der Waals surface area contributed by atoms with Crippen LogP contribution >= 0.6 is 0 Å². The number of aromatic hydroxyl groups is 1. The molecule has 0 bridgehead atoms. The number of ether oxygens (including phenoxy) is 1. The quantitative estimate of drug-likeness (QED) is 0.683. The monoisotopic (exact) mass is 450 g/mol. The van der Waals surface area contributed by atoms with Gasteiger partial charge >= 0.3 is 12.1 Å². The van der Waals surface area contributed by atoms with E-state index in [4.69, 9.17) is 4.74 Å². The lowest BCUT2D eigenvalue weighted by Crippen LogP contribution is -2.49. The predicted octanol–water partition coefficient (Wildman–Crippen LogP) is 3.12. The largest absolute Gasteiger partial charge is 0.507 e. The SMILES string of the molecule is COC(=O)c1ccccc1CN1CC(NC(=O)c2cc(C(F)(F)F)ccc2O)CCC1=O. The maximum Gasteiger partial charge on any atom is 0.416 e. The van der Waals surface area contributed by atoms with Crippen LogP contribution in [0.4, 0.5) is 13.2 Å². The molecule has 1 saturated heterocycles. The number of alkyl halides is 3. The third-order valence-electron chi connectivity index (χ3n) is 5.19. The van der Waals surface area contributed by atoms with E-state index < -0.39 is 41.0 Å². The van der Waals surface area contributed by atoms with Gasteiger partial charge in [-0.2, -0.15) is 13.2 Å². The van der Waals surface area contributed by atoms with Crippen molar-refractivity contribution in [3.05, 3.63) is 64.7 Å². The van der Waals surface area contributed by atoms with E-state index in [-0.39, 0.29) is 25.4 Å². The highest BCUT2D eigenvalue weighted by Gasteiger charge is 2.33. The zero-order valence-corrected chi connectivity index (χ0v) is 17.1. The maximum atomic E-state index is 12.9. The van der Waals surface area contributed by atoms with Crippen molar-refractivity contribution in [2.45, 2.75) is 31.6 Å². The molecule has 0 radical (unpaired) electrons. The number of hydrogen-bond donors (Lipinski definition) is 2. The van der Waals surface area contributed by atoms with Crippen LogP contribution in [0.2, 0.25) is 0 Å². The molecule has 0 aliphatic carbocycles. The molecule has 2 N–H and O–H groups in total. The second-order valence-corrected chi connectivity index (χ2v) is 7.36. The summed E-state index contributed by atoms with van der Waals surface area (Å²) in [5.41, 5.74) is -0.683. The first-order chi connectivity index (χ1) is 15.1. The Morgan fingerprint density at radius 2 is 1.91 bits per heavy atom. The average molecular weight is 450 g/mol. The van der Waals surface area contributed by atoms with E-state index in [0.717, 1.165) is 6.07 Å². The first kappa shape index (κ1) is 23.1. The third kappa shape index (κ3) is 5.19. The van der Waals surface area contributed by atoms with Crippen molar-refractivity contribution >= 4 is 17.8 Å². The Bertz CT molecular complexity index is 1040. The average Bonchev–Trinajstić information content (AvgIpc) is 2.75. The number of carbonyl (C=O) groups excluding carboxylic acids is 3. The summed E-state index contributed by atoms with van der Waals surface area (Å²) in [5, 5.41) is 12.4. The van der Waals surface area contributed by atoms with Crippen LogP contribution in [0.1, 0.15) is 44.7 Å². The van der Waals surface area contributed by atoms with Gasteiger partial charge in [0.2, 0.25) is 5.91 Å². The highest BCUT2D eigenvalue weighted by molar-refractivity contribution is 5.97. The molecule has 1 aliphatic rings. The highest BCUT2D eigenvalue weighted by Crippen LogP contribution is 2.32. The van der Waals surface area contributed by atoms with Crippen molar-refractivity contribution in [3.8, 4) is 5.75 Å². The summed E-state index contributed by atoms with van der Waals surface area (Å²) in [6.45, 7) is 0.199. The van der Waals surface area contributed by atoms with E-state index in [1.165, 1.54) is 12.0 Å². The van der Waals surface area contributed by atoms with Crippen molar-refractivity contribution in [1.29, 1.82) is 0 Å². The van der Waals surface area contributed by atoms with Gasteiger partial charge in [-0.05, 0) is 36.2 Å². The Balaban J connectivity index is 1.73. The number of methoxy groups -OCH3 is 1. The summed E-state index contributed by atoms with van der Waals surface area (Å²) >= 11 is 0. The maximum absolute atomic E-state index is 12.9. The second kappa shape index (κ2) is 9.29. The van der Waals surface area contributed by atoms with Crippen LogP contribution in [-0.4, -0.2) is 47.5 Å². The lowest BCUT2D eigenvalue weighted by molar-refractivity contribution is -0.137. The van der Waals surface area contributed by atoms with Crippen molar-refractivity contribution in [3.63, 3.8) is 0 Å². The van der Waals surface area contributed by atoms with Crippen LogP contribution in [0, 0.1) is 0 Å². The molecule has 7 nitrogen and oxygen atoms in total. The van der Waals surface area contributed by atoms with Gasteiger partial charge in [0.25, 0.3) is 5.91 Å². The number of benzene rings is 2. The summed E-state index contributed by atoms with van der Waals surface area (Å²) in [7, 11) is 1.25. The molecule has 170 valence electrons. The van der Waals surface area contributed by atoms with Crippen LogP contribution in [0.5, 0.6) is 5.75 Å². The Morgan fingerprint density at radius 3 is 2.59 bits per heavy atom. The van der Waals surface area contributed by atoms with Gasteiger partial charge in [-0.15, -0.1) is 0 Å². The van der Waals surface area contributed by atoms with Gasteiger partial charge in [0.15, 0.2) is 0 Å². The number of phenols is 1. The molecule has 2 aromatic rings. The molecule has 1 fully saturated rings. The first-order valence-corrected chi connectivity index (χ1v) is 9.75. The van der Waals surface area contributed by atoms with Crippen LogP contribution in [-0.2, 0) is 22.3 Å². The van der Waals surface area contributed by atoms with E-state index in [1.54, 1.807) is 24.3 Å². The fraction of sp³-hybridized carbons (Fsp3) is 0.318. The Labute approximate surface area is 181 Å². The molecule has 32 heavy (non-hydrogen) atoms. The number of likely N-dealkylation sites (tertiary alicyclic amines) is 1. The molecular weight excluding hydrogens is 429 g/mol. The molecule has 0 aromatic heterocycles. The minimum atomic E-state index is -4.66. The second-order valence-electron chi connectivity index (χ2n) is 7.36. The Morgan fingerprint density at radius 1 is 1.19 bits per heavy atom. The summed E-state index contributed by atoms with van der Waals surface area (Å²) in [6.07, 6.45) is -4.26. The molecule has 1 unspecified atom stereocenters. The van der Waals surface area contributed by atoms with Crippen LogP contribution in [0.3, 0.4) is 0 Å². The molecular formula is C22H21F3N2O5. The number of halogens is 3. The summed E-state index contributed by atoms with van der Waals surface area (Å²) in [4.78, 5) is 38.4. The minimum absolute atomic E-state index is 0.0970. The van der Waals surface area contributed by atoms with Gasteiger partial charge < -0.3 is 20.1 Å². The van der Waals surface area contributed by atoms with Gasteiger partial charge in [-0.25, -0.2) is 4.79 Å². The first-order valence-electron chi connectivity index (χ1n) is 9.75. The third-order valence-corrected chi connectivity index (χ3v) is 5.19. The summed E-state index contributed by atoms with van der Waals surface area (Å²) < 4.78 is 43.6. The van der Waals surface area contributed by atoms with Gasteiger partial charge in [0.05, 0.1) is 23.8 Å². The number of amides is 2. The molecule has 2 aromatic carbocycles. The van der Waals surface area contributed by atoms with E-state index >= 15 is 0 Å². The zero-order chi connectivity index (χ0) is 23.5. The summed E-state index contributed by atoms with van der Waals surface area (Å²) in [5.74, 6) is -2.18. The standard InChI is InChI=1S/C22H21F3N2O5/c1-32-21(31)16-5-3-2-4-13(16)11-27-12-15(7-9-19(27)29)26-20(30)17-10-14(22(23,24)25)6-8-18(17)28/h2-6,8,10,15,28H,7,9,11-12H2,1H3,(H,26,30). The minimum Gasteiger partial charge on any atom is -0.507 e. The van der Waals surface area contributed by atoms with Gasteiger partial charge in [-0.1, -0.05) is 18.2 Å². The van der Waals surface area contributed by atoms with E-state index in [2.05, 4.69) is 5.32 Å². The van der Waals surface area contributed by atoms with Crippen LogP contribution in [0.15, 0.2) is 42.5 Å². The van der Waals surface area contributed by atoms with Crippen molar-refractivity contribution in [2.24, 2.45) is 0 Å². The number of phenolic OH excluding ortho intramolecular Hbond substituents is 1. The zero-order valence-electron chi connectivity index (χ0n) is 17.1. The van der Waals surface area contributed by atoms with Gasteiger partial charge in [0, 0.05) is 25.6 Å². The molecule has 0 saturated carbocycles. The number of hydrogen-bond acceptors (Lipinski definition) is 5. The smallest absolute Gasteiger partial charge is 0.416 e. The highest BCUT2D eigenvalue weighted by atomic mass is 19.4. The summed E-state index contributed by atoms with van der Waals surface area (Å²) in [6, 6.07) is 8.18. The number of carbonyl (C=O) groups is 3. The van der Waals surface area contributed by atoms with Gasteiger partial charge in [0.1, 0.15) is 5.75 Å². The molecule has 1 heterocycles. The molecule has 1 aliphatic heterocycles. The molecule has 3 rings (SSSR count). The molecule has 0 spiro atoms. The van der Waals surface area contributed by atoms with Gasteiger partial charge in [-0.3, -0.25) is 9.59 Å². The van der Waals surface area contributed by atoms with E-state index in [1.807, 2.05) is 0 Å². The number of piperidine rings is 1. The fourth-order valence-corrected chi connectivity index (χ4v) is 3.52. The van der Waals surface area contributed by atoms with Crippen LogP contribution < -0.4 is 5.32 Å². The Hall–Kier alpha value is -3.56. The van der Waals surface area contributed by atoms with Crippen molar-refractivity contribution in [2.75, 3.05) is 13.7 Å². The number of rotatable bonds is 5. The van der Waals surface area contributed by atoms with Crippen molar-refractivity contribution < 1.29 is 37.4 Å². The molecule has 2 amide bonds.